The SMILES string of the molecule is CB(C)SN(C)Nc1cc(F)cc(C)c1C=N.CCCC(CC)(C(N)=O)c1ccc(S(F)(F)(F)(F)F)cc1. The number of nitrogens with one attached hydrogen (secondary N) is 2. The standard InChI is InChI=1S/C13H18F5NOS.C11H17BFN3S/c1-3-9-13(4-2,12(19)20)10-5-7-11(8-6-10)21(14,15,16,17)18;1-8-5-9(13)6-11(10(8)7-14)15-16(4)17-12(2)3/h5-8H,3-4,9H2,1-2H3,(H2,19,20);5-7,14-15H,1-4H3. The second-order valence-electron chi connectivity index (χ2n) is 9.13. The number of primary amides is 1. The third-order valence-corrected chi connectivity index (χ3v) is 7.74. The molecule has 38 heavy (non-hydrogen) atoms. The normalized spacial score (nSPS) is 14.9. The number of anilines is 1. The zero-order valence-electron chi connectivity index (χ0n) is 22.3. The van der Waals surface area contributed by atoms with Gasteiger partial charge in [0.2, 0.25) is 11.9 Å². The van der Waals surface area contributed by atoms with Gasteiger partial charge in [0.1, 0.15) is 10.7 Å². The van der Waals surface area contributed by atoms with Crippen LogP contribution in [0.25, 0.3) is 0 Å². The Morgan fingerprint density at radius 2 is 1.71 bits per heavy atom. The molecule has 0 bridgehead atoms. The molecule has 0 aliphatic carbocycles. The first kappa shape index (κ1) is 33.7. The first-order valence-corrected chi connectivity index (χ1v) is 14.6. The fourth-order valence-corrected chi connectivity index (χ4v) is 5.41. The molecule has 0 saturated heterocycles. The molecule has 1 unspecified atom stereocenters. The fraction of sp³-hybridized carbons (Fsp3) is 0.417. The molecule has 0 fully saturated rings. The van der Waals surface area contributed by atoms with E-state index >= 15 is 0 Å². The number of hydrogen-bond donors (Lipinski definition) is 3. The fourth-order valence-electron chi connectivity index (χ4n) is 3.97. The van der Waals surface area contributed by atoms with Crippen molar-refractivity contribution in [3.8, 4) is 0 Å². The molecule has 0 saturated carbocycles. The van der Waals surface area contributed by atoms with Gasteiger partial charge in [-0.1, -0.05) is 65.5 Å². The number of carbonyl (C=O) groups excluding carboxylic acids is 1. The van der Waals surface area contributed by atoms with Crippen LogP contribution in [0.15, 0.2) is 41.3 Å². The first-order chi connectivity index (χ1) is 17.2. The lowest BCUT2D eigenvalue weighted by Crippen LogP contribution is -2.40. The van der Waals surface area contributed by atoms with Crippen molar-refractivity contribution in [2.45, 2.75) is 64.0 Å². The van der Waals surface area contributed by atoms with Crippen molar-refractivity contribution in [3.05, 3.63) is 58.9 Å². The first-order valence-electron chi connectivity index (χ1n) is 11.8. The van der Waals surface area contributed by atoms with Crippen LogP contribution in [0.1, 0.15) is 49.8 Å². The van der Waals surface area contributed by atoms with Gasteiger partial charge < -0.3 is 16.6 Å². The summed E-state index contributed by atoms with van der Waals surface area (Å²) in [5.41, 5.74) is 9.63. The summed E-state index contributed by atoms with van der Waals surface area (Å²) < 4.78 is 78.5. The lowest BCUT2D eigenvalue weighted by Gasteiger charge is -2.41. The highest BCUT2D eigenvalue weighted by Crippen LogP contribution is 3.02. The molecule has 0 aliphatic heterocycles. The predicted octanol–water partition coefficient (Wildman–Crippen LogP) is 8.57. The van der Waals surface area contributed by atoms with Gasteiger partial charge in [-0.2, -0.15) is 4.41 Å². The van der Waals surface area contributed by atoms with E-state index in [2.05, 4.69) is 19.1 Å². The number of amides is 1. The highest BCUT2D eigenvalue weighted by atomic mass is 32.5. The van der Waals surface area contributed by atoms with E-state index in [9.17, 15) is 28.6 Å². The highest BCUT2D eigenvalue weighted by molar-refractivity contribution is 8.45. The van der Waals surface area contributed by atoms with Crippen LogP contribution in [0, 0.1) is 18.2 Å². The van der Waals surface area contributed by atoms with Crippen molar-refractivity contribution < 1.29 is 28.6 Å². The smallest absolute Gasteiger partial charge is 0.310 e. The highest BCUT2D eigenvalue weighted by Gasteiger charge is 2.65. The van der Waals surface area contributed by atoms with E-state index in [0.717, 1.165) is 17.7 Å². The summed E-state index contributed by atoms with van der Waals surface area (Å²) >= 11 is 1.60. The number of hydrogen-bond acceptors (Lipinski definition) is 5. The van der Waals surface area contributed by atoms with Gasteiger partial charge in [-0.15, -0.1) is 11.8 Å². The molecule has 214 valence electrons. The van der Waals surface area contributed by atoms with E-state index in [0.29, 0.717) is 42.2 Å². The molecule has 5 nitrogen and oxygen atoms in total. The molecule has 14 heteroatoms. The molecule has 0 heterocycles. The Hall–Kier alpha value is -2.32. The van der Waals surface area contributed by atoms with Crippen LogP contribution < -0.4 is 11.2 Å². The molecular weight excluding hydrogens is 549 g/mol. The second kappa shape index (κ2) is 11.8. The summed E-state index contributed by atoms with van der Waals surface area (Å²) in [4.78, 5) is 9.74. The minimum absolute atomic E-state index is 0.227. The van der Waals surface area contributed by atoms with Gasteiger partial charge in [0.15, 0.2) is 0 Å². The van der Waals surface area contributed by atoms with Crippen molar-refractivity contribution in [1.29, 1.82) is 5.41 Å². The van der Waals surface area contributed by atoms with E-state index in [1.807, 2.05) is 11.5 Å². The van der Waals surface area contributed by atoms with Crippen molar-refractivity contribution in [2.24, 2.45) is 5.73 Å². The molecule has 4 N–H and O–H groups in total. The molecular formula is C24H35BF6N4OS2. The lowest BCUT2D eigenvalue weighted by atomic mass is 9.74. The average molecular weight is 585 g/mol. The number of halogens is 6. The van der Waals surface area contributed by atoms with Crippen molar-refractivity contribution in [3.63, 3.8) is 0 Å². The van der Waals surface area contributed by atoms with E-state index in [1.165, 1.54) is 18.3 Å². The quantitative estimate of drug-likeness (QED) is 0.0813. The maximum atomic E-state index is 13.3. The largest absolute Gasteiger partial charge is 0.369 e. The molecule has 0 radical (unpaired) electrons. The van der Waals surface area contributed by atoms with E-state index in [-0.39, 0.29) is 17.8 Å². The van der Waals surface area contributed by atoms with Gasteiger partial charge in [-0.05, 0) is 55.2 Å². The average Bonchev–Trinajstić information content (AvgIpc) is 2.75. The molecule has 1 atom stereocenters. The van der Waals surface area contributed by atoms with Crippen LogP contribution in [-0.2, 0) is 10.2 Å². The number of hydrazine groups is 1. The van der Waals surface area contributed by atoms with Crippen LogP contribution in [-0.4, -0.2) is 29.6 Å². The number of nitrogens with two attached hydrogens (primary N) is 1. The Labute approximate surface area is 225 Å². The molecule has 0 spiro atoms. The molecule has 1 amide bonds. The minimum Gasteiger partial charge on any atom is -0.369 e. The minimum atomic E-state index is -9.69. The monoisotopic (exact) mass is 584 g/mol. The Kier molecular flexibility index (Phi) is 10.5. The summed E-state index contributed by atoms with van der Waals surface area (Å²) in [6.07, 6.45) is 2.45. The summed E-state index contributed by atoms with van der Waals surface area (Å²) in [6, 6.07) is 5.31. The zero-order chi connectivity index (χ0) is 29.6. The van der Waals surface area contributed by atoms with E-state index in [1.54, 1.807) is 32.6 Å². The van der Waals surface area contributed by atoms with Crippen molar-refractivity contribution in [2.75, 3.05) is 12.5 Å². The summed E-state index contributed by atoms with van der Waals surface area (Å²) in [6.45, 7) is 9.44. The number of carbonyl (C=O) groups is 1. The number of rotatable bonds is 11. The lowest BCUT2D eigenvalue weighted by molar-refractivity contribution is -0.124. The van der Waals surface area contributed by atoms with Gasteiger partial charge in [0, 0.05) is 18.8 Å². The van der Waals surface area contributed by atoms with Crippen LogP contribution in [0.2, 0.25) is 13.6 Å². The number of nitrogens with zero attached hydrogens (tertiary/aromatic N) is 1. The Morgan fingerprint density at radius 1 is 1.16 bits per heavy atom. The number of aryl methyl sites for hydroxylation is 1. The van der Waals surface area contributed by atoms with Crippen LogP contribution >= 0.6 is 22.0 Å². The van der Waals surface area contributed by atoms with Gasteiger partial charge >= 0.3 is 10.2 Å². The summed E-state index contributed by atoms with van der Waals surface area (Å²) in [5.74, 6) is -0.531. The molecule has 2 rings (SSSR count). The predicted molar refractivity (Wildman–Crippen MR) is 149 cm³/mol. The van der Waals surface area contributed by atoms with Gasteiger partial charge in [-0.25, -0.2) is 4.39 Å². The Balaban J connectivity index is 0.000000389. The summed E-state index contributed by atoms with van der Waals surface area (Å²) in [7, 11) is -7.82. The topological polar surface area (TPSA) is 82.2 Å². The second-order valence-corrected chi connectivity index (χ2v) is 13.2. The number of benzene rings is 2. The Morgan fingerprint density at radius 3 is 2.11 bits per heavy atom. The van der Waals surface area contributed by atoms with Gasteiger partial charge in [0.25, 0.3) is 0 Å². The third-order valence-electron chi connectivity index (χ3n) is 5.75. The van der Waals surface area contributed by atoms with Crippen molar-refractivity contribution >= 4 is 45.8 Å². The van der Waals surface area contributed by atoms with Crippen LogP contribution in [0.4, 0.5) is 29.5 Å². The van der Waals surface area contributed by atoms with Crippen molar-refractivity contribution in [1.82, 2.24) is 4.41 Å². The zero-order valence-corrected chi connectivity index (χ0v) is 23.9. The molecule has 2 aromatic rings. The molecule has 2 aromatic carbocycles. The molecule has 0 aliphatic rings. The Bertz CT molecular complexity index is 1130. The van der Waals surface area contributed by atoms with E-state index in [4.69, 9.17) is 11.1 Å². The van der Waals surface area contributed by atoms with Crippen LogP contribution in [0.5, 0.6) is 0 Å². The maximum Gasteiger partial charge on any atom is 0.310 e. The van der Waals surface area contributed by atoms with Crippen LogP contribution in [0.3, 0.4) is 0 Å². The third kappa shape index (κ3) is 9.16. The molecule has 0 aromatic heterocycles. The summed E-state index contributed by atoms with van der Waals surface area (Å²) in [5, 5.41) is 7.37. The maximum absolute atomic E-state index is 13.3. The van der Waals surface area contributed by atoms with Gasteiger partial charge in [-0.3, -0.25) is 4.79 Å². The van der Waals surface area contributed by atoms with Gasteiger partial charge in [0.05, 0.1) is 11.1 Å². The van der Waals surface area contributed by atoms with E-state index < -0.39 is 26.4 Å².